The maximum atomic E-state index is 7.21. The van der Waals surface area contributed by atoms with E-state index in [1.54, 1.807) is 18.2 Å². The van der Waals surface area contributed by atoms with Crippen LogP contribution < -0.4 is 10.5 Å². The van der Waals surface area contributed by atoms with Crippen LogP contribution >= 0.6 is 0 Å². The molecule has 3 N–H and O–H groups in total. The molecule has 0 radical (unpaired) electrons. The Morgan fingerprint density at radius 1 is 1.57 bits per heavy atom. The minimum atomic E-state index is -0.0553. The quantitative estimate of drug-likeness (QED) is 0.528. The van der Waals surface area contributed by atoms with Gasteiger partial charge in [-0.25, -0.2) is 4.98 Å². The summed E-state index contributed by atoms with van der Waals surface area (Å²) in [6.07, 6.45) is 0.0877. The summed E-state index contributed by atoms with van der Waals surface area (Å²) in [4.78, 5) is 4.07. The summed E-state index contributed by atoms with van der Waals surface area (Å²) in [5.41, 5.74) is 5.73. The molecule has 5 heteroatoms. The molecule has 0 aromatic carbocycles. The highest BCUT2D eigenvalue weighted by Crippen LogP contribution is 2.13. The van der Waals surface area contributed by atoms with Gasteiger partial charge in [-0.3, -0.25) is 5.41 Å². The number of hydrogen-bond acceptors (Lipinski definition) is 4. The molecule has 0 aliphatic carbocycles. The first-order valence-electron chi connectivity index (χ1n) is 4.31. The molecule has 0 unspecified atom stereocenters. The Balaban J connectivity index is 2.09. The first-order valence-corrected chi connectivity index (χ1v) is 4.31. The molecule has 0 amide bonds. The van der Waals surface area contributed by atoms with Gasteiger partial charge in [0.15, 0.2) is 0 Å². The predicted octanol–water partition coefficient (Wildman–Crippen LogP) is 0.143. The van der Waals surface area contributed by atoms with Crippen LogP contribution in [0.4, 0.5) is 0 Å². The van der Waals surface area contributed by atoms with Gasteiger partial charge in [-0.05, 0) is 6.07 Å². The number of amidine groups is 1. The van der Waals surface area contributed by atoms with Crippen LogP contribution in [0.25, 0.3) is 0 Å². The second-order valence-corrected chi connectivity index (χ2v) is 3.05. The largest absolute Gasteiger partial charge is 0.469 e. The molecule has 14 heavy (non-hydrogen) atoms. The minimum Gasteiger partial charge on any atom is -0.469 e. The Hall–Kier alpha value is -1.62. The SMILES string of the molecule is N=C(N)c1cccc(OC2COC2)n1. The third-order valence-electron chi connectivity index (χ3n) is 1.89. The normalized spacial score (nSPS) is 16.0. The van der Waals surface area contributed by atoms with Gasteiger partial charge in [-0.15, -0.1) is 0 Å². The highest BCUT2D eigenvalue weighted by atomic mass is 16.6. The molecule has 1 aliphatic heterocycles. The molecule has 2 rings (SSSR count). The summed E-state index contributed by atoms with van der Waals surface area (Å²) in [5.74, 6) is 0.436. The van der Waals surface area contributed by atoms with E-state index in [0.29, 0.717) is 24.8 Å². The molecule has 1 aliphatic rings. The fourth-order valence-corrected chi connectivity index (χ4v) is 1.08. The predicted molar refractivity (Wildman–Crippen MR) is 50.5 cm³/mol. The zero-order chi connectivity index (χ0) is 9.97. The number of nitrogen functional groups attached to an aromatic ring is 1. The number of nitrogens with one attached hydrogen (secondary N) is 1. The lowest BCUT2D eigenvalue weighted by atomic mass is 10.3. The van der Waals surface area contributed by atoms with Gasteiger partial charge < -0.3 is 15.2 Å². The van der Waals surface area contributed by atoms with Crippen LogP contribution in [0.5, 0.6) is 5.88 Å². The van der Waals surface area contributed by atoms with Crippen molar-refractivity contribution in [1.82, 2.24) is 4.98 Å². The summed E-state index contributed by atoms with van der Waals surface area (Å²) >= 11 is 0. The third-order valence-corrected chi connectivity index (χ3v) is 1.89. The van der Waals surface area contributed by atoms with Crippen molar-refractivity contribution in [1.29, 1.82) is 5.41 Å². The molecule has 2 heterocycles. The zero-order valence-corrected chi connectivity index (χ0v) is 7.56. The maximum absolute atomic E-state index is 7.21. The van der Waals surface area contributed by atoms with Crippen LogP contribution in [-0.4, -0.2) is 30.1 Å². The van der Waals surface area contributed by atoms with Gasteiger partial charge in [-0.1, -0.05) is 6.07 Å². The average Bonchev–Trinajstić information content (AvgIpc) is 2.12. The van der Waals surface area contributed by atoms with Crippen LogP contribution in [0, 0.1) is 5.41 Å². The zero-order valence-electron chi connectivity index (χ0n) is 7.56. The number of nitrogens with zero attached hydrogens (tertiary/aromatic N) is 1. The van der Waals surface area contributed by atoms with E-state index in [-0.39, 0.29) is 11.9 Å². The maximum Gasteiger partial charge on any atom is 0.214 e. The van der Waals surface area contributed by atoms with E-state index in [9.17, 15) is 0 Å². The van der Waals surface area contributed by atoms with E-state index >= 15 is 0 Å². The van der Waals surface area contributed by atoms with Crippen molar-refractivity contribution in [3.05, 3.63) is 23.9 Å². The van der Waals surface area contributed by atoms with E-state index in [4.69, 9.17) is 20.6 Å². The Labute approximate surface area is 81.4 Å². The lowest BCUT2D eigenvalue weighted by Gasteiger charge is -2.26. The Kier molecular flexibility index (Phi) is 2.32. The molecule has 1 aromatic heterocycles. The molecule has 0 bridgehead atoms. The monoisotopic (exact) mass is 193 g/mol. The van der Waals surface area contributed by atoms with Crippen molar-refractivity contribution in [2.24, 2.45) is 5.73 Å². The van der Waals surface area contributed by atoms with Crippen LogP contribution in [0.3, 0.4) is 0 Å². The Bertz CT molecular complexity index is 350. The molecule has 5 nitrogen and oxygen atoms in total. The molecule has 0 atom stereocenters. The summed E-state index contributed by atoms with van der Waals surface area (Å²) in [5, 5.41) is 7.21. The molecule has 0 spiro atoms. The lowest BCUT2D eigenvalue weighted by Crippen LogP contribution is -2.38. The summed E-state index contributed by atoms with van der Waals surface area (Å²) in [7, 11) is 0. The molecular weight excluding hydrogens is 182 g/mol. The van der Waals surface area contributed by atoms with Crippen molar-refractivity contribution in [3.63, 3.8) is 0 Å². The van der Waals surface area contributed by atoms with Crippen molar-refractivity contribution in [2.75, 3.05) is 13.2 Å². The number of aromatic nitrogens is 1. The number of ether oxygens (including phenoxy) is 2. The van der Waals surface area contributed by atoms with Crippen molar-refractivity contribution in [3.8, 4) is 5.88 Å². The summed E-state index contributed by atoms with van der Waals surface area (Å²) in [6, 6.07) is 5.18. The molecule has 74 valence electrons. The van der Waals surface area contributed by atoms with Crippen LogP contribution in [-0.2, 0) is 4.74 Å². The van der Waals surface area contributed by atoms with Crippen LogP contribution in [0.15, 0.2) is 18.2 Å². The third kappa shape index (κ3) is 1.82. The van der Waals surface area contributed by atoms with Crippen molar-refractivity contribution < 1.29 is 9.47 Å². The van der Waals surface area contributed by atoms with Crippen molar-refractivity contribution >= 4 is 5.84 Å². The lowest BCUT2D eigenvalue weighted by molar-refractivity contribution is -0.0813. The van der Waals surface area contributed by atoms with Gasteiger partial charge in [0, 0.05) is 6.07 Å². The van der Waals surface area contributed by atoms with Gasteiger partial charge in [0.1, 0.15) is 17.6 Å². The number of rotatable bonds is 3. The topological polar surface area (TPSA) is 81.2 Å². The highest BCUT2D eigenvalue weighted by Gasteiger charge is 2.20. The first kappa shape index (κ1) is 8.96. The van der Waals surface area contributed by atoms with Crippen LogP contribution in [0.1, 0.15) is 5.69 Å². The van der Waals surface area contributed by atoms with E-state index in [0.717, 1.165) is 0 Å². The van der Waals surface area contributed by atoms with E-state index < -0.39 is 0 Å². The Morgan fingerprint density at radius 2 is 2.36 bits per heavy atom. The fraction of sp³-hybridized carbons (Fsp3) is 0.333. The van der Waals surface area contributed by atoms with Gasteiger partial charge >= 0.3 is 0 Å². The van der Waals surface area contributed by atoms with Gasteiger partial charge in [-0.2, -0.15) is 0 Å². The number of hydrogen-bond donors (Lipinski definition) is 2. The molecule has 1 saturated heterocycles. The van der Waals surface area contributed by atoms with Crippen molar-refractivity contribution in [2.45, 2.75) is 6.10 Å². The number of nitrogens with two attached hydrogens (primary N) is 1. The minimum absolute atomic E-state index is 0.0553. The standard InChI is InChI=1S/C9H11N3O2/c10-9(11)7-2-1-3-8(12-7)14-6-4-13-5-6/h1-3,6H,4-5H2,(H3,10,11). The second-order valence-electron chi connectivity index (χ2n) is 3.05. The number of pyridine rings is 1. The fourth-order valence-electron chi connectivity index (χ4n) is 1.08. The second kappa shape index (κ2) is 3.63. The first-order chi connectivity index (χ1) is 6.75. The Morgan fingerprint density at radius 3 is 2.93 bits per heavy atom. The van der Waals surface area contributed by atoms with E-state index in [2.05, 4.69) is 4.98 Å². The van der Waals surface area contributed by atoms with Crippen LogP contribution in [0.2, 0.25) is 0 Å². The van der Waals surface area contributed by atoms with Gasteiger partial charge in [0.05, 0.1) is 13.2 Å². The summed E-state index contributed by atoms with van der Waals surface area (Å²) in [6.45, 7) is 1.21. The molecular formula is C9H11N3O2. The molecule has 1 aromatic rings. The van der Waals surface area contributed by atoms with Gasteiger partial charge in [0.25, 0.3) is 0 Å². The van der Waals surface area contributed by atoms with E-state index in [1.807, 2.05) is 0 Å². The summed E-state index contributed by atoms with van der Waals surface area (Å²) < 4.78 is 10.4. The average molecular weight is 193 g/mol. The molecule has 0 saturated carbocycles. The van der Waals surface area contributed by atoms with Gasteiger partial charge in [0.2, 0.25) is 5.88 Å². The van der Waals surface area contributed by atoms with E-state index in [1.165, 1.54) is 0 Å². The smallest absolute Gasteiger partial charge is 0.214 e. The molecule has 1 fully saturated rings. The highest BCUT2D eigenvalue weighted by molar-refractivity contribution is 5.93.